The Kier molecular flexibility index (Phi) is 4.44. The number of nitro benzene ring substituents is 1. The van der Waals surface area contributed by atoms with Gasteiger partial charge in [-0.25, -0.2) is 13.4 Å². The van der Waals surface area contributed by atoms with Gasteiger partial charge in [0.1, 0.15) is 5.75 Å². The molecule has 1 aromatic carbocycles. The van der Waals surface area contributed by atoms with E-state index in [9.17, 15) is 18.5 Å². The van der Waals surface area contributed by atoms with E-state index in [0.717, 1.165) is 23.5 Å². The molecule has 21 heavy (non-hydrogen) atoms. The fourth-order valence-electron chi connectivity index (χ4n) is 1.47. The number of thiazole rings is 1. The highest BCUT2D eigenvalue weighted by Gasteiger charge is 2.27. The van der Waals surface area contributed by atoms with Crippen molar-refractivity contribution in [2.45, 2.75) is 4.90 Å². The highest BCUT2D eigenvalue weighted by atomic mass is 79.9. The van der Waals surface area contributed by atoms with E-state index in [2.05, 4.69) is 25.6 Å². The lowest BCUT2D eigenvalue weighted by molar-refractivity contribution is -0.387. The van der Waals surface area contributed by atoms with Gasteiger partial charge in [0.05, 0.1) is 28.1 Å². The van der Waals surface area contributed by atoms with Crippen LogP contribution in [-0.2, 0) is 10.0 Å². The van der Waals surface area contributed by atoms with Crippen LogP contribution >= 0.6 is 27.3 Å². The van der Waals surface area contributed by atoms with Crippen molar-refractivity contribution in [2.75, 3.05) is 11.8 Å². The highest BCUT2D eigenvalue weighted by Crippen LogP contribution is 2.31. The van der Waals surface area contributed by atoms with E-state index in [0.29, 0.717) is 3.79 Å². The third-order valence-electron chi connectivity index (χ3n) is 2.35. The maximum Gasteiger partial charge on any atom is 0.293 e. The summed E-state index contributed by atoms with van der Waals surface area (Å²) in [5.41, 5.74) is -0.572. The third kappa shape index (κ3) is 3.49. The minimum Gasteiger partial charge on any atom is -0.497 e. The Bertz CT molecular complexity index is 790. The summed E-state index contributed by atoms with van der Waals surface area (Å²) in [5.74, 6) is 0.192. The van der Waals surface area contributed by atoms with Crippen molar-refractivity contribution in [3.8, 4) is 5.75 Å². The Balaban J connectivity index is 2.46. The molecule has 11 heteroatoms. The molecule has 0 fully saturated rings. The van der Waals surface area contributed by atoms with Crippen molar-refractivity contribution in [3.63, 3.8) is 0 Å². The number of nitrogens with zero attached hydrogens (tertiary/aromatic N) is 2. The number of rotatable bonds is 5. The molecule has 112 valence electrons. The van der Waals surface area contributed by atoms with E-state index in [1.807, 2.05) is 0 Å². The van der Waals surface area contributed by atoms with Crippen LogP contribution in [0.25, 0.3) is 0 Å². The summed E-state index contributed by atoms with van der Waals surface area (Å²) in [4.78, 5) is 13.6. The second kappa shape index (κ2) is 5.95. The number of halogens is 1. The summed E-state index contributed by atoms with van der Waals surface area (Å²) in [5, 5.41) is 11.1. The Morgan fingerprint density at radius 1 is 1.48 bits per heavy atom. The zero-order valence-electron chi connectivity index (χ0n) is 10.4. The average Bonchev–Trinajstić information content (AvgIpc) is 2.82. The maximum absolute atomic E-state index is 12.2. The Morgan fingerprint density at radius 2 is 2.19 bits per heavy atom. The van der Waals surface area contributed by atoms with Gasteiger partial charge in [0.25, 0.3) is 15.7 Å². The summed E-state index contributed by atoms with van der Waals surface area (Å²) in [6.07, 6.45) is 1.42. The smallest absolute Gasteiger partial charge is 0.293 e. The third-order valence-corrected chi connectivity index (χ3v) is 5.26. The first-order chi connectivity index (χ1) is 9.83. The summed E-state index contributed by atoms with van der Waals surface area (Å²) in [7, 11) is -2.79. The van der Waals surface area contributed by atoms with E-state index >= 15 is 0 Å². The largest absolute Gasteiger partial charge is 0.497 e. The molecule has 8 nitrogen and oxygen atoms in total. The van der Waals surface area contributed by atoms with Gasteiger partial charge in [-0.3, -0.25) is 14.8 Å². The van der Waals surface area contributed by atoms with Crippen LogP contribution in [0.2, 0.25) is 0 Å². The number of anilines is 1. The van der Waals surface area contributed by atoms with Crippen molar-refractivity contribution >= 4 is 48.1 Å². The molecule has 0 unspecified atom stereocenters. The fourth-order valence-corrected chi connectivity index (χ4v) is 3.97. The number of nitrogens with one attached hydrogen (secondary N) is 1. The van der Waals surface area contributed by atoms with Crippen LogP contribution in [0.4, 0.5) is 10.8 Å². The number of hydrogen-bond donors (Lipinski definition) is 1. The molecule has 0 amide bonds. The first-order valence-corrected chi connectivity index (χ1v) is 8.39. The molecule has 0 atom stereocenters. The summed E-state index contributed by atoms with van der Waals surface area (Å²) >= 11 is 4.20. The Labute approximate surface area is 132 Å². The van der Waals surface area contributed by atoms with Crippen LogP contribution in [0.15, 0.2) is 33.1 Å². The monoisotopic (exact) mass is 393 g/mol. The van der Waals surface area contributed by atoms with Crippen LogP contribution in [0.1, 0.15) is 0 Å². The van der Waals surface area contributed by atoms with Gasteiger partial charge in [0.2, 0.25) is 0 Å². The molecular weight excluding hydrogens is 386 g/mol. The number of hydrogen-bond acceptors (Lipinski definition) is 7. The number of benzene rings is 1. The average molecular weight is 394 g/mol. The van der Waals surface area contributed by atoms with Gasteiger partial charge in [0.15, 0.2) is 10.0 Å². The van der Waals surface area contributed by atoms with Crippen molar-refractivity contribution in [1.29, 1.82) is 0 Å². The van der Waals surface area contributed by atoms with Crippen molar-refractivity contribution in [2.24, 2.45) is 0 Å². The molecular formula is C10H8BrN3O5S2. The lowest BCUT2D eigenvalue weighted by Crippen LogP contribution is -2.14. The predicted octanol–water partition coefficient (Wildman–Crippen LogP) is 2.62. The van der Waals surface area contributed by atoms with E-state index < -0.39 is 25.5 Å². The summed E-state index contributed by atoms with van der Waals surface area (Å²) in [6, 6.07) is 3.49. The van der Waals surface area contributed by atoms with Gasteiger partial charge in [0, 0.05) is 0 Å². The predicted molar refractivity (Wildman–Crippen MR) is 80.3 cm³/mol. The fraction of sp³-hybridized carbons (Fsp3) is 0.100. The molecule has 0 saturated heterocycles. The van der Waals surface area contributed by atoms with Crippen LogP contribution in [0.3, 0.4) is 0 Å². The lowest BCUT2D eigenvalue weighted by Gasteiger charge is -2.07. The van der Waals surface area contributed by atoms with Crippen LogP contribution in [-0.4, -0.2) is 25.4 Å². The van der Waals surface area contributed by atoms with Gasteiger partial charge >= 0.3 is 0 Å². The number of sulfonamides is 1. The number of methoxy groups -OCH3 is 1. The molecule has 2 aromatic rings. The van der Waals surface area contributed by atoms with Gasteiger partial charge in [-0.15, -0.1) is 0 Å². The highest BCUT2D eigenvalue weighted by molar-refractivity contribution is 9.11. The second-order valence-electron chi connectivity index (χ2n) is 3.67. The van der Waals surface area contributed by atoms with E-state index in [1.165, 1.54) is 19.4 Å². The van der Waals surface area contributed by atoms with E-state index in [4.69, 9.17) is 4.74 Å². The molecule has 0 aliphatic rings. The molecule has 0 spiro atoms. The number of ether oxygens (including phenoxy) is 1. The molecule has 0 aliphatic carbocycles. The molecule has 0 saturated carbocycles. The molecule has 1 aromatic heterocycles. The van der Waals surface area contributed by atoms with E-state index in [1.54, 1.807) is 0 Å². The van der Waals surface area contributed by atoms with Crippen molar-refractivity contribution < 1.29 is 18.1 Å². The van der Waals surface area contributed by atoms with Gasteiger partial charge in [-0.05, 0) is 28.1 Å². The summed E-state index contributed by atoms with van der Waals surface area (Å²) in [6.45, 7) is 0. The molecule has 1 heterocycles. The normalized spacial score (nSPS) is 11.1. The lowest BCUT2D eigenvalue weighted by atomic mass is 10.3. The molecule has 0 radical (unpaired) electrons. The Morgan fingerprint density at radius 3 is 2.71 bits per heavy atom. The quantitative estimate of drug-likeness (QED) is 0.617. The van der Waals surface area contributed by atoms with E-state index in [-0.39, 0.29) is 10.9 Å². The van der Waals surface area contributed by atoms with Crippen LogP contribution in [0.5, 0.6) is 5.75 Å². The van der Waals surface area contributed by atoms with Gasteiger partial charge in [-0.1, -0.05) is 11.3 Å². The second-order valence-corrected chi connectivity index (χ2v) is 7.73. The SMILES string of the molecule is COc1ccc(S(=O)(=O)Nc2ncc(Br)s2)c([N+](=O)[O-])c1. The minimum atomic E-state index is -4.12. The minimum absolute atomic E-state index is 0.104. The van der Waals surface area contributed by atoms with Crippen molar-refractivity contribution in [1.82, 2.24) is 4.98 Å². The zero-order valence-corrected chi connectivity index (χ0v) is 13.7. The van der Waals surface area contributed by atoms with Crippen LogP contribution in [0, 0.1) is 10.1 Å². The first kappa shape index (κ1) is 15.7. The molecule has 0 aliphatic heterocycles. The standard InChI is InChI=1S/C10H8BrN3O5S2/c1-19-6-2-3-8(7(4-6)14(15)16)21(17,18)13-10-12-5-9(11)20-10/h2-5H,1H3,(H,12,13). The van der Waals surface area contributed by atoms with Gasteiger partial charge in [-0.2, -0.15) is 0 Å². The van der Waals surface area contributed by atoms with Crippen LogP contribution < -0.4 is 9.46 Å². The van der Waals surface area contributed by atoms with Crippen molar-refractivity contribution in [3.05, 3.63) is 38.3 Å². The first-order valence-electron chi connectivity index (χ1n) is 5.30. The number of aromatic nitrogens is 1. The molecule has 1 N–H and O–H groups in total. The van der Waals surface area contributed by atoms with Gasteiger partial charge < -0.3 is 4.74 Å². The zero-order chi connectivity index (χ0) is 15.6. The number of nitro groups is 1. The maximum atomic E-state index is 12.2. The Hall–Kier alpha value is -1.72. The molecule has 2 rings (SSSR count). The summed E-state index contributed by atoms with van der Waals surface area (Å²) < 4.78 is 32.1. The topological polar surface area (TPSA) is 111 Å². The molecule has 0 bridgehead atoms.